The summed E-state index contributed by atoms with van der Waals surface area (Å²) in [6, 6.07) is 0. The van der Waals surface area contributed by atoms with Crippen molar-refractivity contribution in [2.45, 2.75) is 83.5 Å². The summed E-state index contributed by atoms with van der Waals surface area (Å²) in [5, 5.41) is 12.7. The molecule has 2 aromatic heterocycles. The number of nitrogens with two attached hydrogens (primary N) is 1. The van der Waals surface area contributed by atoms with Crippen molar-refractivity contribution in [3.05, 3.63) is 6.33 Å². The molecule has 156 valence electrons. The van der Waals surface area contributed by atoms with E-state index < -0.39 is 0 Å². The Morgan fingerprint density at radius 2 is 1.89 bits per heavy atom. The molecule has 0 unspecified atom stereocenters. The predicted molar refractivity (Wildman–Crippen MR) is 111 cm³/mol. The first-order valence-corrected chi connectivity index (χ1v) is 10.7. The van der Waals surface area contributed by atoms with E-state index in [0.29, 0.717) is 17.0 Å². The van der Waals surface area contributed by atoms with Crippen LogP contribution < -0.4 is 11.1 Å². The minimum absolute atomic E-state index is 0.0334. The number of anilines is 2. The first kappa shape index (κ1) is 20.8. The normalized spacial score (nSPS) is 19.5. The molecule has 1 aliphatic rings. The number of rotatable bonds is 12. The first-order valence-electron chi connectivity index (χ1n) is 10.7. The third kappa shape index (κ3) is 5.32. The summed E-state index contributed by atoms with van der Waals surface area (Å²) in [5.74, 6) is 0.908. The number of nitrogens with one attached hydrogen (secondary N) is 1. The van der Waals surface area contributed by atoms with E-state index in [0.717, 1.165) is 25.8 Å². The molecule has 0 radical (unpaired) electrons. The molecular formula is C20H34N6O2. The number of ether oxygens (including phenoxy) is 1. The summed E-state index contributed by atoms with van der Waals surface area (Å²) in [4.78, 5) is 13.2. The Morgan fingerprint density at radius 1 is 1.14 bits per heavy atom. The summed E-state index contributed by atoms with van der Waals surface area (Å²) >= 11 is 0. The lowest BCUT2D eigenvalue weighted by molar-refractivity contribution is -0.0207. The molecule has 28 heavy (non-hydrogen) atoms. The van der Waals surface area contributed by atoms with Gasteiger partial charge in [-0.3, -0.25) is 4.57 Å². The molecule has 0 aromatic carbocycles. The fraction of sp³-hybridized carbons (Fsp3) is 0.750. The highest BCUT2D eigenvalue weighted by atomic mass is 16.5. The van der Waals surface area contributed by atoms with Crippen molar-refractivity contribution in [2.24, 2.45) is 0 Å². The molecule has 8 heteroatoms. The average molecular weight is 391 g/mol. The molecule has 0 amide bonds. The Morgan fingerprint density at radius 3 is 2.61 bits per heavy atom. The van der Waals surface area contributed by atoms with Crippen molar-refractivity contribution in [2.75, 3.05) is 24.2 Å². The topological polar surface area (TPSA) is 111 Å². The van der Waals surface area contributed by atoms with Crippen molar-refractivity contribution in [3.8, 4) is 0 Å². The van der Waals surface area contributed by atoms with Gasteiger partial charge in [0.2, 0.25) is 5.95 Å². The molecule has 0 bridgehead atoms. The van der Waals surface area contributed by atoms with Gasteiger partial charge in [0.15, 0.2) is 17.0 Å². The smallest absolute Gasteiger partial charge is 0.224 e. The van der Waals surface area contributed by atoms with E-state index >= 15 is 0 Å². The van der Waals surface area contributed by atoms with E-state index in [1.54, 1.807) is 6.33 Å². The third-order valence-electron chi connectivity index (χ3n) is 5.36. The second-order valence-corrected chi connectivity index (χ2v) is 7.63. The number of nitrogen functional groups attached to an aromatic ring is 1. The van der Waals surface area contributed by atoms with Crippen LogP contribution in [0.15, 0.2) is 6.33 Å². The third-order valence-corrected chi connectivity index (χ3v) is 5.36. The molecule has 0 spiro atoms. The van der Waals surface area contributed by atoms with Crippen molar-refractivity contribution in [1.82, 2.24) is 19.5 Å². The van der Waals surface area contributed by atoms with Crippen LogP contribution in [-0.4, -0.2) is 43.9 Å². The first-order chi connectivity index (χ1) is 13.7. The molecule has 0 saturated carbocycles. The SMILES string of the molecule is CCCCCCCCCCNc1nc(N)nc2c1ncn2[C@H]1CC[C@@H](CO)O1. The number of hydrogen-bond donors (Lipinski definition) is 3. The highest BCUT2D eigenvalue weighted by Crippen LogP contribution is 2.31. The molecule has 8 nitrogen and oxygen atoms in total. The number of unbranched alkanes of at least 4 members (excludes halogenated alkanes) is 7. The molecule has 3 heterocycles. The minimum Gasteiger partial charge on any atom is -0.394 e. The van der Waals surface area contributed by atoms with Crippen LogP contribution in [0.25, 0.3) is 11.2 Å². The lowest BCUT2D eigenvalue weighted by Gasteiger charge is -2.14. The summed E-state index contributed by atoms with van der Waals surface area (Å²) in [6.45, 7) is 3.13. The predicted octanol–water partition coefficient (Wildman–Crippen LogP) is 3.63. The van der Waals surface area contributed by atoms with Crippen molar-refractivity contribution in [3.63, 3.8) is 0 Å². The molecule has 3 rings (SSSR count). The lowest BCUT2D eigenvalue weighted by atomic mass is 10.1. The molecule has 4 N–H and O–H groups in total. The fourth-order valence-electron chi connectivity index (χ4n) is 3.76. The minimum atomic E-state index is -0.169. The van der Waals surface area contributed by atoms with Crippen LogP contribution in [0.3, 0.4) is 0 Å². The van der Waals surface area contributed by atoms with E-state index in [4.69, 9.17) is 10.5 Å². The van der Waals surface area contributed by atoms with Crippen molar-refractivity contribution < 1.29 is 9.84 Å². The number of aliphatic hydroxyl groups excluding tert-OH is 1. The second-order valence-electron chi connectivity index (χ2n) is 7.63. The molecule has 2 aromatic rings. The maximum Gasteiger partial charge on any atom is 0.224 e. The van der Waals surface area contributed by atoms with E-state index in [1.807, 2.05) is 4.57 Å². The van der Waals surface area contributed by atoms with E-state index in [1.165, 1.54) is 44.9 Å². The standard InChI is InChI=1S/C20H34N6O2/c1-2-3-4-5-6-7-8-9-12-22-18-17-19(25-20(21)24-18)26(14-23-17)16-11-10-15(13-27)28-16/h14-16,27H,2-13H2,1H3,(H3,21,22,24,25)/t15-,16+/m0/s1. The monoisotopic (exact) mass is 390 g/mol. The van der Waals surface area contributed by atoms with Crippen LogP contribution in [0, 0.1) is 0 Å². The quantitative estimate of drug-likeness (QED) is 0.474. The molecule has 1 saturated heterocycles. The van der Waals surface area contributed by atoms with Gasteiger partial charge in [-0.25, -0.2) is 4.98 Å². The molecule has 0 aliphatic carbocycles. The molecule has 1 fully saturated rings. The zero-order valence-electron chi connectivity index (χ0n) is 16.9. The Hall–Kier alpha value is -1.93. The van der Waals surface area contributed by atoms with Gasteiger partial charge in [-0.2, -0.15) is 9.97 Å². The van der Waals surface area contributed by atoms with Crippen LogP contribution in [0.5, 0.6) is 0 Å². The van der Waals surface area contributed by atoms with Gasteiger partial charge in [0.1, 0.15) is 6.23 Å². The Kier molecular flexibility index (Phi) is 7.85. The van der Waals surface area contributed by atoms with Crippen molar-refractivity contribution >= 4 is 22.9 Å². The van der Waals surface area contributed by atoms with Crippen LogP contribution in [-0.2, 0) is 4.74 Å². The number of hydrogen-bond acceptors (Lipinski definition) is 7. The summed E-state index contributed by atoms with van der Waals surface area (Å²) in [7, 11) is 0. The zero-order valence-corrected chi connectivity index (χ0v) is 16.9. The number of fused-ring (bicyclic) bond motifs is 1. The number of aromatic nitrogens is 4. The zero-order chi connectivity index (χ0) is 19.8. The van der Waals surface area contributed by atoms with Gasteiger partial charge in [0.05, 0.1) is 19.0 Å². The maximum atomic E-state index is 9.29. The summed E-state index contributed by atoms with van der Waals surface area (Å²) < 4.78 is 7.75. The van der Waals surface area contributed by atoms with Crippen LogP contribution in [0.1, 0.15) is 77.4 Å². The Labute approximate surface area is 166 Å². The van der Waals surface area contributed by atoms with Gasteiger partial charge in [0.25, 0.3) is 0 Å². The van der Waals surface area contributed by atoms with Gasteiger partial charge in [-0.1, -0.05) is 51.9 Å². The van der Waals surface area contributed by atoms with E-state index in [2.05, 4.69) is 27.2 Å². The number of imidazole rings is 1. The number of nitrogens with zero attached hydrogens (tertiary/aromatic N) is 4. The van der Waals surface area contributed by atoms with Gasteiger partial charge in [-0.15, -0.1) is 0 Å². The van der Waals surface area contributed by atoms with Gasteiger partial charge >= 0.3 is 0 Å². The fourth-order valence-corrected chi connectivity index (χ4v) is 3.76. The average Bonchev–Trinajstić information content (AvgIpc) is 3.33. The second kappa shape index (κ2) is 10.6. The number of aliphatic hydroxyl groups is 1. The van der Waals surface area contributed by atoms with Gasteiger partial charge < -0.3 is 20.9 Å². The van der Waals surface area contributed by atoms with Crippen LogP contribution in [0.4, 0.5) is 11.8 Å². The molecule has 1 aliphatic heterocycles. The Bertz CT molecular complexity index is 735. The highest BCUT2D eigenvalue weighted by Gasteiger charge is 2.28. The highest BCUT2D eigenvalue weighted by molar-refractivity contribution is 5.84. The maximum absolute atomic E-state index is 9.29. The molecular weight excluding hydrogens is 356 g/mol. The Balaban J connectivity index is 1.53. The molecule has 2 atom stereocenters. The van der Waals surface area contributed by atoms with Crippen molar-refractivity contribution in [1.29, 1.82) is 0 Å². The largest absolute Gasteiger partial charge is 0.394 e. The summed E-state index contributed by atoms with van der Waals surface area (Å²) in [6.07, 6.45) is 13.4. The van der Waals surface area contributed by atoms with Crippen LogP contribution in [0.2, 0.25) is 0 Å². The van der Waals surface area contributed by atoms with E-state index in [-0.39, 0.29) is 24.9 Å². The van der Waals surface area contributed by atoms with E-state index in [9.17, 15) is 5.11 Å². The van der Waals surface area contributed by atoms with Gasteiger partial charge in [-0.05, 0) is 19.3 Å². The summed E-state index contributed by atoms with van der Waals surface area (Å²) in [5.41, 5.74) is 7.32. The van der Waals surface area contributed by atoms with Gasteiger partial charge in [0, 0.05) is 6.54 Å². The van der Waals surface area contributed by atoms with Crippen LogP contribution >= 0.6 is 0 Å². The lowest BCUT2D eigenvalue weighted by Crippen LogP contribution is -2.14.